The van der Waals surface area contributed by atoms with Crippen LogP contribution in [0.5, 0.6) is 5.75 Å². The Balaban J connectivity index is 1.02. The minimum atomic E-state index is -4.13. The summed E-state index contributed by atoms with van der Waals surface area (Å²) in [5, 5.41) is 13.5. The van der Waals surface area contributed by atoms with E-state index in [2.05, 4.69) is 5.32 Å². The van der Waals surface area contributed by atoms with E-state index in [4.69, 9.17) is 9.47 Å². The average Bonchev–Trinajstić information content (AvgIpc) is 3.83. The van der Waals surface area contributed by atoms with Crippen LogP contribution in [0.1, 0.15) is 39.0 Å². The minimum Gasteiger partial charge on any atom is -0.491 e. The lowest BCUT2D eigenvalue weighted by molar-refractivity contribution is -0.0312. The van der Waals surface area contributed by atoms with Crippen LogP contribution in [-0.2, 0) is 31.1 Å². The molecule has 3 fully saturated rings. The van der Waals surface area contributed by atoms with Crippen molar-refractivity contribution in [2.24, 2.45) is 0 Å². The molecule has 3 aliphatic rings. The van der Waals surface area contributed by atoms with Crippen molar-refractivity contribution in [3.8, 4) is 5.75 Å². The molecule has 0 bridgehead atoms. The molecule has 1 spiro atoms. The van der Waals surface area contributed by atoms with Gasteiger partial charge in [0.2, 0.25) is 15.5 Å². The summed E-state index contributed by atoms with van der Waals surface area (Å²) in [6.07, 6.45) is 3.37. The summed E-state index contributed by atoms with van der Waals surface area (Å²) < 4.78 is 80.9. The molecule has 6 rings (SSSR count). The Labute approximate surface area is 261 Å². The maximum Gasteiger partial charge on any atom is 0.248 e. The van der Waals surface area contributed by atoms with Gasteiger partial charge in [0.15, 0.2) is 9.84 Å². The van der Waals surface area contributed by atoms with Crippen molar-refractivity contribution in [2.45, 2.75) is 78.4 Å². The monoisotopic (exact) mass is 663 g/mol. The number of hydrogen-bond donors (Lipinski definition) is 2. The van der Waals surface area contributed by atoms with E-state index in [9.17, 15) is 31.1 Å². The first-order chi connectivity index (χ1) is 21.4. The number of ether oxygens (including phenoxy) is 2. The number of sulfonamides is 1. The lowest BCUT2D eigenvalue weighted by Crippen LogP contribution is -2.47. The molecule has 244 valence electrons. The summed E-state index contributed by atoms with van der Waals surface area (Å²) in [4.78, 5) is 13.1. The van der Waals surface area contributed by atoms with Crippen LogP contribution in [-0.4, -0.2) is 86.7 Å². The van der Waals surface area contributed by atoms with Gasteiger partial charge in [-0.3, -0.25) is 4.79 Å². The largest absolute Gasteiger partial charge is 0.491 e. The molecule has 1 aromatic heterocycles. The number of hydrogen-bond acceptors (Lipinski definition) is 9. The van der Waals surface area contributed by atoms with Gasteiger partial charge in [-0.05, 0) is 75.4 Å². The standard InChI is InChI=1S/C31H38FN3O8S2/c1-2-34-18-29(30(37)27-14-21(32)6-9-28(27)34)45(40,41)35-12-10-31(11-13-35)16-22(19-43-31)33-17-23(36)20-42-24-4-3-5-26(15-24)44(38,39)25-7-8-25/h3-6,9,14-15,18,22-23,25,33,36H,2,7-8,10-13,16-17,19-20H2,1H3/t22-,23+/m1/s1. The molecule has 1 saturated carbocycles. The fraction of sp³-hybridized carbons (Fsp3) is 0.516. The van der Waals surface area contributed by atoms with Crippen LogP contribution in [0.15, 0.2) is 63.2 Å². The highest BCUT2D eigenvalue weighted by Gasteiger charge is 2.45. The molecule has 2 atom stereocenters. The van der Waals surface area contributed by atoms with Gasteiger partial charge in [0.1, 0.15) is 29.2 Å². The summed E-state index contributed by atoms with van der Waals surface area (Å²) in [5.41, 5.74) is -0.757. The Morgan fingerprint density at radius 3 is 2.60 bits per heavy atom. The van der Waals surface area contributed by atoms with E-state index in [1.807, 2.05) is 6.92 Å². The first-order valence-corrected chi connectivity index (χ1v) is 18.3. The highest BCUT2D eigenvalue weighted by Crippen LogP contribution is 2.37. The van der Waals surface area contributed by atoms with E-state index in [-0.39, 0.29) is 52.7 Å². The molecule has 0 unspecified atom stereocenters. The van der Waals surface area contributed by atoms with E-state index < -0.39 is 42.8 Å². The lowest BCUT2D eigenvalue weighted by Gasteiger charge is -2.38. The number of pyridine rings is 1. The molecule has 11 nitrogen and oxygen atoms in total. The topological polar surface area (TPSA) is 144 Å². The molecule has 0 amide bonds. The van der Waals surface area contributed by atoms with E-state index in [0.717, 1.165) is 6.07 Å². The Bertz CT molecular complexity index is 1850. The van der Waals surface area contributed by atoms with Gasteiger partial charge in [0.05, 0.1) is 27.9 Å². The van der Waals surface area contributed by atoms with E-state index in [1.54, 1.807) is 22.8 Å². The van der Waals surface area contributed by atoms with E-state index in [0.29, 0.717) is 56.5 Å². The quantitative estimate of drug-likeness (QED) is 0.316. The number of nitrogens with one attached hydrogen (secondary N) is 1. The molecule has 2 aromatic carbocycles. The third-order valence-corrected chi connectivity index (χ3v) is 13.1. The summed E-state index contributed by atoms with van der Waals surface area (Å²) in [6, 6.07) is 10.1. The zero-order valence-corrected chi connectivity index (χ0v) is 26.7. The van der Waals surface area contributed by atoms with Crippen LogP contribution in [0.25, 0.3) is 10.9 Å². The number of aryl methyl sites for hydroxylation is 1. The molecular formula is C31H38FN3O8S2. The maximum atomic E-state index is 14.0. The van der Waals surface area contributed by atoms with Crippen LogP contribution in [0.2, 0.25) is 0 Å². The van der Waals surface area contributed by atoms with E-state index >= 15 is 0 Å². The third-order valence-electron chi connectivity index (χ3n) is 8.99. The van der Waals surface area contributed by atoms with E-state index in [1.165, 1.54) is 28.7 Å². The minimum absolute atomic E-state index is 0.0212. The number of aliphatic hydroxyl groups excluding tert-OH is 1. The number of fused-ring (bicyclic) bond motifs is 1. The van der Waals surface area contributed by atoms with Gasteiger partial charge in [-0.15, -0.1) is 0 Å². The smallest absolute Gasteiger partial charge is 0.248 e. The molecule has 0 radical (unpaired) electrons. The number of sulfone groups is 1. The molecule has 2 aliphatic heterocycles. The normalized spacial score (nSPS) is 21.4. The second-order valence-corrected chi connectivity index (χ2v) is 16.3. The Hall–Kier alpha value is -2.88. The van der Waals surface area contributed by atoms with Crippen LogP contribution in [0.3, 0.4) is 0 Å². The molecule has 3 aromatic rings. The van der Waals surface area contributed by atoms with Crippen LogP contribution in [0, 0.1) is 5.82 Å². The Morgan fingerprint density at radius 2 is 1.89 bits per heavy atom. The zero-order valence-electron chi connectivity index (χ0n) is 25.0. The maximum absolute atomic E-state index is 14.0. The van der Waals surface area contributed by atoms with Crippen molar-refractivity contribution in [1.29, 1.82) is 0 Å². The second kappa shape index (κ2) is 12.4. The highest BCUT2D eigenvalue weighted by molar-refractivity contribution is 7.92. The molecule has 2 N–H and O–H groups in total. The summed E-state index contributed by atoms with van der Waals surface area (Å²) in [5.74, 6) is -0.227. The molecule has 2 saturated heterocycles. The summed E-state index contributed by atoms with van der Waals surface area (Å²) in [7, 11) is -7.46. The predicted molar refractivity (Wildman–Crippen MR) is 165 cm³/mol. The van der Waals surface area contributed by atoms with Gasteiger partial charge in [-0.1, -0.05) is 6.07 Å². The zero-order chi connectivity index (χ0) is 32.0. The fourth-order valence-electron chi connectivity index (χ4n) is 6.25. The van der Waals surface area contributed by atoms with Gasteiger partial charge in [-0.25, -0.2) is 21.2 Å². The molecule has 45 heavy (non-hydrogen) atoms. The number of aromatic nitrogens is 1. The molecular weight excluding hydrogens is 625 g/mol. The van der Waals surface area contributed by atoms with Crippen LogP contribution < -0.4 is 15.5 Å². The summed E-state index contributed by atoms with van der Waals surface area (Å²) in [6.45, 7) is 3.20. The average molecular weight is 664 g/mol. The van der Waals surface area contributed by atoms with Gasteiger partial charge >= 0.3 is 0 Å². The number of rotatable bonds is 11. The molecule has 1 aliphatic carbocycles. The second-order valence-electron chi connectivity index (χ2n) is 12.2. The first-order valence-electron chi connectivity index (χ1n) is 15.3. The fourth-order valence-corrected chi connectivity index (χ4v) is 9.49. The number of benzene rings is 2. The van der Waals surface area contributed by atoms with Crippen molar-refractivity contribution in [3.63, 3.8) is 0 Å². The number of aliphatic hydroxyl groups is 1. The van der Waals surface area contributed by atoms with Gasteiger partial charge in [-0.2, -0.15) is 4.31 Å². The number of piperidine rings is 1. The number of halogens is 1. The van der Waals surface area contributed by atoms with Crippen molar-refractivity contribution in [1.82, 2.24) is 14.2 Å². The predicted octanol–water partition coefficient (Wildman–Crippen LogP) is 2.44. The van der Waals surface area contributed by atoms with Crippen molar-refractivity contribution in [3.05, 3.63) is 64.7 Å². The van der Waals surface area contributed by atoms with Crippen molar-refractivity contribution < 1.29 is 35.8 Å². The van der Waals surface area contributed by atoms with Gasteiger partial charge in [0, 0.05) is 43.8 Å². The van der Waals surface area contributed by atoms with Gasteiger partial charge in [0.25, 0.3) is 0 Å². The Morgan fingerprint density at radius 1 is 1.13 bits per heavy atom. The van der Waals surface area contributed by atoms with Crippen LogP contribution in [0.4, 0.5) is 4.39 Å². The first kappa shape index (κ1) is 32.1. The SMILES string of the molecule is CCn1cc(S(=O)(=O)N2CCC3(CC2)C[C@@H](NC[C@H](O)COc2cccc(S(=O)(=O)C4CC4)c2)CO3)c(=O)c2cc(F)ccc21. The van der Waals surface area contributed by atoms with Crippen molar-refractivity contribution >= 4 is 30.8 Å². The Kier molecular flexibility index (Phi) is 8.82. The highest BCUT2D eigenvalue weighted by atomic mass is 32.2. The third kappa shape index (κ3) is 6.54. The molecule has 14 heteroatoms. The van der Waals surface area contributed by atoms with Crippen LogP contribution >= 0.6 is 0 Å². The number of nitrogens with zero attached hydrogens (tertiary/aromatic N) is 2. The van der Waals surface area contributed by atoms with Crippen molar-refractivity contribution in [2.75, 3.05) is 32.8 Å². The molecule has 3 heterocycles. The van der Waals surface area contributed by atoms with Gasteiger partial charge < -0.3 is 24.5 Å². The summed E-state index contributed by atoms with van der Waals surface area (Å²) >= 11 is 0. The lowest BCUT2D eigenvalue weighted by atomic mass is 9.88.